The van der Waals surface area contributed by atoms with Gasteiger partial charge in [0.1, 0.15) is 0 Å². The van der Waals surface area contributed by atoms with Gasteiger partial charge in [0.05, 0.1) is 11.4 Å². The molecule has 0 aliphatic carbocycles. The summed E-state index contributed by atoms with van der Waals surface area (Å²) < 4.78 is 0. The largest absolute Gasteiger partial charge is 0.481 e. The molecule has 0 saturated heterocycles. The van der Waals surface area contributed by atoms with Crippen molar-refractivity contribution in [1.29, 1.82) is 0 Å². The van der Waals surface area contributed by atoms with Crippen LogP contribution in [-0.4, -0.2) is 16.1 Å². The van der Waals surface area contributed by atoms with Crippen molar-refractivity contribution in [3.63, 3.8) is 0 Å². The van der Waals surface area contributed by atoms with Crippen LogP contribution in [0.15, 0.2) is 35.1 Å². The van der Waals surface area contributed by atoms with E-state index < -0.39 is 11.5 Å². The van der Waals surface area contributed by atoms with Crippen LogP contribution < -0.4 is 5.56 Å². The van der Waals surface area contributed by atoms with Crippen molar-refractivity contribution in [3.05, 3.63) is 56.3 Å². The van der Waals surface area contributed by atoms with Gasteiger partial charge in [0.2, 0.25) is 0 Å². The molecule has 2 rings (SSSR count). The van der Waals surface area contributed by atoms with Crippen LogP contribution in [-0.2, 0) is 11.2 Å². The normalized spacial score (nSPS) is 10.4. The zero-order valence-corrected chi connectivity index (χ0v) is 11.1. The maximum atomic E-state index is 11.7. The van der Waals surface area contributed by atoms with Gasteiger partial charge in [-0.15, -0.1) is 0 Å². The van der Waals surface area contributed by atoms with Crippen molar-refractivity contribution in [2.24, 2.45) is 0 Å². The molecule has 19 heavy (non-hydrogen) atoms. The first-order valence-electron chi connectivity index (χ1n) is 5.37. The van der Waals surface area contributed by atoms with E-state index in [0.29, 0.717) is 21.3 Å². The second kappa shape index (κ2) is 5.47. The summed E-state index contributed by atoms with van der Waals surface area (Å²) in [6, 6.07) is 8.02. The molecule has 0 unspecified atom stereocenters. The summed E-state index contributed by atoms with van der Waals surface area (Å²) in [5, 5.41) is 9.57. The maximum absolute atomic E-state index is 11.7. The van der Waals surface area contributed by atoms with Gasteiger partial charge in [0, 0.05) is 21.8 Å². The van der Waals surface area contributed by atoms with E-state index >= 15 is 0 Å². The van der Waals surface area contributed by atoms with Crippen LogP contribution in [0.3, 0.4) is 0 Å². The van der Waals surface area contributed by atoms with Crippen molar-refractivity contribution in [1.82, 2.24) is 4.98 Å². The summed E-state index contributed by atoms with van der Waals surface area (Å²) in [4.78, 5) is 24.9. The Bertz CT molecular complexity index is 695. The smallest absolute Gasteiger partial charge is 0.308 e. The molecule has 0 bridgehead atoms. The minimum Gasteiger partial charge on any atom is -0.481 e. The number of carboxylic acids is 1. The molecular formula is C13H9Cl2NO3. The molecule has 0 aliphatic heterocycles. The summed E-state index contributed by atoms with van der Waals surface area (Å²) in [7, 11) is 0. The zero-order valence-electron chi connectivity index (χ0n) is 9.61. The Kier molecular flexibility index (Phi) is 3.93. The summed E-state index contributed by atoms with van der Waals surface area (Å²) in [5.41, 5.74) is 0.901. The molecule has 0 fully saturated rings. The average molecular weight is 298 g/mol. The quantitative estimate of drug-likeness (QED) is 0.915. The first-order valence-corrected chi connectivity index (χ1v) is 6.12. The highest BCUT2D eigenvalue weighted by atomic mass is 35.5. The Morgan fingerprint density at radius 2 is 1.95 bits per heavy atom. The summed E-state index contributed by atoms with van der Waals surface area (Å²) in [6.45, 7) is 0. The first-order chi connectivity index (χ1) is 8.97. The van der Waals surface area contributed by atoms with E-state index in [9.17, 15) is 9.59 Å². The molecule has 98 valence electrons. The lowest BCUT2D eigenvalue weighted by Gasteiger charge is -2.05. The average Bonchev–Trinajstić information content (AvgIpc) is 2.31. The van der Waals surface area contributed by atoms with Gasteiger partial charge < -0.3 is 10.1 Å². The van der Waals surface area contributed by atoms with Gasteiger partial charge in [-0.3, -0.25) is 9.59 Å². The standard InChI is InChI=1S/C13H9Cl2NO3/c14-8-2-3-9(10(15)6-8)11-4-1-7(5-12(17)18)13(19)16-11/h1-4,6H,5H2,(H,16,19)(H,17,18). The molecule has 0 aliphatic rings. The molecule has 6 heteroatoms. The van der Waals surface area contributed by atoms with E-state index in [1.807, 2.05) is 0 Å². The number of nitrogens with one attached hydrogen (secondary N) is 1. The molecule has 0 amide bonds. The van der Waals surface area contributed by atoms with Gasteiger partial charge in [-0.2, -0.15) is 0 Å². The molecule has 0 saturated carbocycles. The van der Waals surface area contributed by atoms with E-state index in [4.69, 9.17) is 28.3 Å². The predicted octanol–water partition coefficient (Wildman–Crippen LogP) is 2.98. The third kappa shape index (κ3) is 3.16. The third-order valence-electron chi connectivity index (χ3n) is 2.55. The molecule has 1 heterocycles. The van der Waals surface area contributed by atoms with E-state index in [1.165, 1.54) is 6.07 Å². The second-order valence-corrected chi connectivity index (χ2v) is 4.76. The Morgan fingerprint density at radius 3 is 2.53 bits per heavy atom. The van der Waals surface area contributed by atoms with Crippen molar-refractivity contribution >= 4 is 29.2 Å². The number of benzene rings is 1. The Morgan fingerprint density at radius 1 is 1.21 bits per heavy atom. The van der Waals surface area contributed by atoms with Crippen LogP contribution >= 0.6 is 23.2 Å². The van der Waals surface area contributed by atoms with Gasteiger partial charge in [-0.25, -0.2) is 0 Å². The predicted molar refractivity (Wildman–Crippen MR) is 73.9 cm³/mol. The molecule has 0 radical (unpaired) electrons. The lowest BCUT2D eigenvalue weighted by atomic mass is 10.1. The highest BCUT2D eigenvalue weighted by Crippen LogP contribution is 2.28. The Balaban J connectivity index is 2.44. The van der Waals surface area contributed by atoms with Gasteiger partial charge in [0.15, 0.2) is 0 Å². The number of hydrogen-bond acceptors (Lipinski definition) is 2. The van der Waals surface area contributed by atoms with Crippen LogP contribution in [0.5, 0.6) is 0 Å². The van der Waals surface area contributed by atoms with Crippen LogP contribution in [0.2, 0.25) is 10.0 Å². The third-order valence-corrected chi connectivity index (χ3v) is 3.10. The van der Waals surface area contributed by atoms with Gasteiger partial charge in [0.25, 0.3) is 5.56 Å². The zero-order chi connectivity index (χ0) is 14.0. The first kappa shape index (κ1) is 13.6. The Labute approximate surface area is 118 Å². The van der Waals surface area contributed by atoms with Gasteiger partial charge >= 0.3 is 5.97 Å². The second-order valence-electron chi connectivity index (χ2n) is 3.92. The monoisotopic (exact) mass is 297 g/mol. The van der Waals surface area contributed by atoms with Crippen LogP contribution in [0.25, 0.3) is 11.3 Å². The molecule has 0 atom stereocenters. The Hall–Kier alpha value is -1.78. The number of aromatic nitrogens is 1. The lowest BCUT2D eigenvalue weighted by molar-refractivity contribution is -0.136. The number of hydrogen-bond donors (Lipinski definition) is 2. The summed E-state index contributed by atoms with van der Waals surface area (Å²) >= 11 is 11.8. The van der Waals surface area contributed by atoms with Gasteiger partial charge in [-0.05, 0) is 24.3 Å². The summed E-state index contributed by atoms with van der Waals surface area (Å²) in [6.07, 6.45) is -0.316. The SMILES string of the molecule is O=C(O)Cc1ccc(-c2ccc(Cl)cc2Cl)[nH]c1=O. The van der Waals surface area contributed by atoms with E-state index in [1.54, 1.807) is 24.3 Å². The minimum atomic E-state index is -1.05. The van der Waals surface area contributed by atoms with Crippen molar-refractivity contribution in [2.45, 2.75) is 6.42 Å². The molecule has 1 aromatic heterocycles. The number of aromatic amines is 1. The van der Waals surface area contributed by atoms with Gasteiger partial charge in [-0.1, -0.05) is 29.3 Å². The fraction of sp³-hybridized carbons (Fsp3) is 0.0769. The minimum absolute atomic E-state index is 0.196. The number of halogens is 2. The van der Waals surface area contributed by atoms with E-state index in [-0.39, 0.29) is 12.0 Å². The van der Waals surface area contributed by atoms with Crippen molar-refractivity contribution in [2.75, 3.05) is 0 Å². The van der Waals surface area contributed by atoms with Crippen LogP contribution in [0.1, 0.15) is 5.56 Å². The number of carboxylic acid groups (broad SMARTS) is 1. The summed E-state index contributed by atoms with van der Waals surface area (Å²) in [5.74, 6) is -1.05. The van der Waals surface area contributed by atoms with Crippen molar-refractivity contribution in [3.8, 4) is 11.3 Å². The molecule has 2 aromatic rings. The van der Waals surface area contributed by atoms with E-state index in [0.717, 1.165) is 0 Å². The number of H-pyrrole nitrogens is 1. The fourth-order valence-electron chi connectivity index (χ4n) is 1.67. The molecule has 0 spiro atoms. The molecule has 2 N–H and O–H groups in total. The number of pyridine rings is 1. The topological polar surface area (TPSA) is 70.2 Å². The highest BCUT2D eigenvalue weighted by Gasteiger charge is 2.09. The molecule has 4 nitrogen and oxygen atoms in total. The van der Waals surface area contributed by atoms with Crippen LogP contribution in [0.4, 0.5) is 0 Å². The maximum Gasteiger partial charge on any atom is 0.308 e. The molecular weight excluding hydrogens is 289 g/mol. The van der Waals surface area contributed by atoms with E-state index in [2.05, 4.69) is 4.98 Å². The number of aliphatic carboxylic acids is 1. The highest BCUT2D eigenvalue weighted by molar-refractivity contribution is 6.36. The van der Waals surface area contributed by atoms with Crippen LogP contribution in [0, 0.1) is 0 Å². The number of carbonyl (C=O) groups is 1. The fourth-order valence-corrected chi connectivity index (χ4v) is 2.18. The molecule has 1 aromatic carbocycles. The number of rotatable bonds is 3. The van der Waals surface area contributed by atoms with Crippen molar-refractivity contribution < 1.29 is 9.90 Å². The lowest BCUT2D eigenvalue weighted by Crippen LogP contribution is -2.16.